The number of thiol groups is 1. The number of halogens is 2. The first kappa shape index (κ1) is 49.1. The van der Waals surface area contributed by atoms with E-state index >= 15 is 0 Å². The monoisotopic (exact) mass is 1100 g/mol. The van der Waals surface area contributed by atoms with Crippen molar-refractivity contribution in [1.29, 1.82) is 0 Å². The zero-order chi connectivity index (χ0) is 45.8. The second kappa shape index (κ2) is 23.3. The summed E-state index contributed by atoms with van der Waals surface area (Å²) in [5.74, 6) is 0. The third-order valence-electron chi connectivity index (χ3n) is 12.3. The van der Waals surface area contributed by atoms with Crippen LogP contribution in [-0.2, 0) is 0 Å². The SMILES string of the molecule is Cc1c(Br)cc([Si](c2ccccc2)(c2ccccc2)c2ccccc2)n1-c1ccccc1.Cc1ccc([Si](c2ccccc2)(c2ccccc2)c2ccccc2)n1-c1ccccc1.I.[B]=NS.[HH]. The topological polar surface area (TPSA) is 22.2 Å². The van der Waals surface area contributed by atoms with E-state index in [1.807, 2.05) is 0 Å². The van der Waals surface area contributed by atoms with E-state index in [0.29, 0.717) is 0 Å². The molecular formula is C58H53BBrIN3SSi2. The summed E-state index contributed by atoms with van der Waals surface area (Å²) in [6, 6.07) is 94.8. The van der Waals surface area contributed by atoms with Crippen LogP contribution in [0.2, 0.25) is 0 Å². The Morgan fingerprint density at radius 1 is 0.403 bits per heavy atom. The van der Waals surface area contributed by atoms with E-state index in [1.165, 1.54) is 64.5 Å². The second-order valence-electron chi connectivity index (χ2n) is 16.0. The van der Waals surface area contributed by atoms with Crippen molar-refractivity contribution in [1.82, 2.24) is 9.13 Å². The Morgan fingerprint density at radius 2 is 0.657 bits per heavy atom. The number of rotatable bonds is 10. The largest absolute Gasteiger partial charge is 0 e. The van der Waals surface area contributed by atoms with E-state index in [4.69, 9.17) is 0 Å². The smallest absolute Gasteiger partial charge is 0 e. The molecule has 2 heterocycles. The van der Waals surface area contributed by atoms with Gasteiger partial charge in [0, 0.05) is 39.3 Å². The molecule has 331 valence electrons. The molecule has 0 unspecified atom stereocenters. The van der Waals surface area contributed by atoms with Gasteiger partial charge in [0.05, 0.1) is 0 Å². The average molecular weight is 1100 g/mol. The summed E-state index contributed by atoms with van der Waals surface area (Å²) in [5.41, 5.74) is 4.86. The van der Waals surface area contributed by atoms with E-state index in [9.17, 15) is 0 Å². The van der Waals surface area contributed by atoms with Crippen LogP contribution in [0.25, 0.3) is 11.4 Å². The fourth-order valence-corrected chi connectivity index (χ4v) is 20.0. The van der Waals surface area contributed by atoms with Crippen LogP contribution >= 0.6 is 52.7 Å². The molecule has 8 aromatic carbocycles. The van der Waals surface area contributed by atoms with Crippen LogP contribution in [0.15, 0.2) is 270 Å². The standard InChI is InChI=1S/C29H24BrNSi.C29H25NSi.BHNS.HI.H2/c1-23-28(30)22-29(31(23)24-14-6-2-7-15-24)32(25-16-8-3-9-17-25,26-18-10-4-11-19-26)27-20-12-5-13-21-27;1-24-22-23-29(30(24)25-14-6-2-7-15-25)31(26-16-8-3-9-17-26,27-18-10-4-11-19-27)28-20-12-5-13-21-28;1-2-3;;/h2-22H,1H3;2-23H,1H3;3H;2*1H. The number of nitrogens with zero attached hydrogens (tertiary/aromatic N) is 3. The average Bonchev–Trinajstić information content (AvgIpc) is 3.92. The van der Waals surface area contributed by atoms with Gasteiger partial charge < -0.3 is 9.13 Å². The Kier molecular flexibility index (Phi) is 17.0. The van der Waals surface area contributed by atoms with E-state index in [1.54, 1.807) is 0 Å². The first-order chi connectivity index (χ1) is 32.5. The maximum Gasteiger partial charge on any atom is 0 e. The van der Waals surface area contributed by atoms with Crippen molar-refractivity contribution in [2.24, 2.45) is 4.30 Å². The number of hydrogen-bond donors (Lipinski definition) is 1. The summed E-state index contributed by atoms with van der Waals surface area (Å²) < 4.78 is 8.73. The molecule has 0 atom stereocenters. The van der Waals surface area contributed by atoms with Gasteiger partial charge >= 0.3 is 24.8 Å². The summed E-state index contributed by atoms with van der Waals surface area (Å²) in [4.78, 5) is 0. The quantitative estimate of drug-likeness (QED) is 0.0611. The molecule has 0 saturated carbocycles. The summed E-state index contributed by atoms with van der Waals surface area (Å²) >= 11 is 7.07. The van der Waals surface area contributed by atoms with Crippen LogP contribution in [-0.4, -0.2) is 32.9 Å². The Hall–Kier alpha value is -5.82. The van der Waals surface area contributed by atoms with E-state index in [2.05, 4.69) is 325 Å². The molecule has 3 nitrogen and oxygen atoms in total. The summed E-state index contributed by atoms with van der Waals surface area (Å²) in [5, 5.41) is 11.0. The molecule has 0 aliphatic carbocycles. The minimum Gasteiger partial charge on any atom is 0 e. The second-order valence-corrected chi connectivity index (χ2v) is 24.6. The van der Waals surface area contributed by atoms with Crippen LogP contribution in [0.4, 0.5) is 0 Å². The zero-order valence-electron chi connectivity index (χ0n) is 37.5. The van der Waals surface area contributed by atoms with Gasteiger partial charge in [0.1, 0.15) is 0 Å². The van der Waals surface area contributed by atoms with Gasteiger partial charge in [-0.15, -0.1) is 24.0 Å². The molecule has 0 bridgehead atoms. The van der Waals surface area contributed by atoms with E-state index in [-0.39, 0.29) is 25.4 Å². The van der Waals surface area contributed by atoms with Crippen LogP contribution in [0.5, 0.6) is 0 Å². The third-order valence-corrected chi connectivity index (χ3v) is 22.6. The van der Waals surface area contributed by atoms with Gasteiger partial charge in [0.25, 0.3) is 0 Å². The predicted molar refractivity (Wildman–Crippen MR) is 311 cm³/mol. The molecule has 0 spiro atoms. The molecule has 2 aromatic heterocycles. The van der Waals surface area contributed by atoms with E-state index < -0.39 is 16.1 Å². The Labute approximate surface area is 431 Å². The number of aryl methyl sites for hydroxylation is 1. The molecule has 0 N–H and O–H groups in total. The molecular weight excluding hydrogens is 1040 g/mol. The normalized spacial score (nSPS) is 10.9. The molecule has 10 rings (SSSR count). The molecule has 9 heteroatoms. The van der Waals surface area contributed by atoms with Crippen molar-refractivity contribution in [3.05, 3.63) is 277 Å². The number of hydrogen-bond acceptors (Lipinski definition) is 2. The minimum absolute atomic E-state index is 0. The Morgan fingerprint density at radius 3 is 0.955 bits per heavy atom. The van der Waals surface area contributed by atoms with Gasteiger partial charge in [0.2, 0.25) is 0 Å². The van der Waals surface area contributed by atoms with Gasteiger partial charge in [-0.3, -0.25) is 0 Å². The van der Waals surface area contributed by atoms with Gasteiger partial charge in [0.15, 0.2) is 16.1 Å². The van der Waals surface area contributed by atoms with Crippen LogP contribution < -0.4 is 41.8 Å². The first-order valence-corrected chi connectivity index (χ1v) is 27.2. The Bertz CT molecular complexity index is 2890. The fourth-order valence-electron chi connectivity index (χ4n) is 9.53. The molecule has 0 saturated heterocycles. The first-order valence-electron chi connectivity index (χ1n) is 22.0. The van der Waals surface area contributed by atoms with Crippen molar-refractivity contribution >= 4 is 118 Å². The summed E-state index contributed by atoms with van der Waals surface area (Å²) in [6.07, 6.45) is 0. The maximum absolute atomic E-state index is 4.34. The molecule has 0 fully saturated rings. The van der Waals surface area contributed by atoms with Crippen LogP contribution in [0, 0.1) is 13.8 Å². The van der Waals surface area contributed by atoms with Crippen molar-refractivity contribution < 1.29 is 1.43 Å². The Balaban J connectivity index is 0.000000206. The van der Waals surface area contributed by atoms with Gasteiger partial charge in [-0.2, -0.15) is 0 Å². The molecule has 0 aliphatic heterocycles. The van der Waals surface area contributed by atoms with E-state index in [0.717, 1.165) is 4.47 Å². The molecule has 0 aliphatic rings. The maximum atomic E-state index is 4.34. The fraction of sp³-hybridized carbons (Fsp3) is 0.0345. The predicted octanol–water partition coefficient (Wildman–Crippen LogP) is 10.1. The van der Waals surface area contributed by atoms with Crippen LogP contribution in [0.3, 0.4) is 0 Å². The molecule has 10 aromatic rings. The number of benzene rings is 8. The molecule has 0 amide bonds. The summed E-state index contributed by atoms with van der Waals surface area (Å²) in [7, 11) is -0.812. The molecule has 67 heavy (non-hydrogen) atoms. The van der Waals surface area contributed by atoms with Crippen molar-refractivity contribution in [2.45, 2.75) is 13.8 Å². The molecule has 1 radical (unpaired) electrons. The van der Waals surface area contributed by atoms with Gasteiger partial charge in [-0.1, -0.05) is 218 Å². The van der Waals surface area contributed by atoms with Gasteiger partial charge in [-0.25, -0.2) is 0 Å². The number of para-hydroxylation sites is 2. The van der Waals surface area contributed by atoms with Gasteiger partial charge in [-0.05, 0) is 103 Å². The number of aromatic nitrogens is 2. The van der Waals surface area contributed by atoms with Crippen molar-refractivity contribution in [3.8, 4) is 11.4 Å². The van der Waals surface area contributed by atoms with Crippen LogP contribution in [0.1, 0.15) is 12.8 Å². The zero-order valence-corrected chi connectivity index (χ0v) is 44.3. The summed E-state index contributed by atoms with van der Waals surface area (Å²) in [6.45, 7) is 4.40. The third kappa shape index (κ3) is 9.94. The van der Waals surface area contributed by atoms with Crippen molar-refractivity contribution in [3.63, 3.8) is 0 Å². The van der Waals surface area contributed by atoms with Crippen molar-refractivity contribution in [2.75, 3.05) is 0 Å². The minimum atomic E-state index is -2.60.